The van der Waals surface area contributed by atoms with Gasteiger partial charge in [0.1, 0.15) is 12.3 Å². The third kappa shape index (κ3) is 5.48. The lowest BCUT2D eigenvalue weighted by Gasteiger charge is -2.36. The van der Waals surface area contributed by atoms with Crippen molar-refractivity contribution >= 4 is 11.8 Å². The van der Waals surface area contributed by atoms with Crippen molar-refractivity contribution < 1.29 is 14.0 Å². The van der Waals surface area contributed by atoms with Gasteiger partial charge in [-0.2, -0.15) is 0 Å². The molecule has 0 radical (unpaired) electrons. The normalized spacial score (nSPS) is 11.2. The molecule has 0 bridgehead atoms. The van der Waals surface area contributed by atoms with Crippen molar-refractivity contribution in [3.05, 3.63) is 60.1 Å². The Kier molecular flexibility index (Phi) is 6.02. The summed E-state index contributed by atoms with van der Waals surface area (Å²) in [7, 11) is 0. The third-order valence-electron chi connectivity index (χ3n) is 3.98. The van der Waals surface area contributed by atoms with Gasteiger partial charge in [0, 0.05) is 19.0 Å². The molecule has 0 spiro atoms. The Morgan fingerprint density at radius 2 is 1.68 bits per heavy atom. The van der Waals surface area contributed by atoms with Crippen molar-refractivity contribution in [3.63, 3.8) is 0 Å². The van der Waals surface area contributed by atoms with Gasteiger partial charge in [0.25, 0.3) is 0 Å². The summed E-state index contributed by atoms with van der Waals surface area (Å²) in [4.78, 5) is 28.2. The molecule has 0 fully saturated rings. The highest BCUT2D eigenvalue weighted by Gasteiger charge is 2.28. The molecule has 0 aliphatic heterocycles. The molecule has 0 aliphatic carbocycles. The van der Waals surface area contributed by atoms with Crippen LogP contribution in [0, 0.1) is 0 Å². The lowest BCUT2D eigenvalue weighted by molar-refractivity contribution is -0.144. The molecule has 0 atom stereocenters. The number of hydrogen-bond donors (Lipinski definition) is 0. The summed E-state index contributed by atoms with van der Waals surface area (Å²) in [6.07, 6.45) is 1.59. The Hall–Kier alpha value is -2.56. The smallest absolute Gasteiger partial charge is 0.242 e. The summed E-state index contributed by atoms with van der Waals surface area (Å²) in [6.45, 7) is 8.16. The predicted molar refractivity (Wildman–Crippen MR) is 96.5 cm³/mol. The first-order chi connectivity index (χ1) is 11.8. The molecule has 134 valence electrons. The number of hydrogen-bond acceptors (Lipinski definition) is 3. The van der Waals surface area contributed by atoms with Gasteiger partial charge in [0.2, 0.25) is 11.8 Å². The van der Waals surface area contributed by atoms with Crippen molar-refractivity contribution in [1.29, 1.82) is 0 Å². The quantitative estimate of drug-likeness (QED) is 0.808. The van der Waals surface area contributed by atoms with Crippen LogP contribution in [0.5, 0.6) is 0 Å². The topological polar surface area (TPSA) is 53.8 Å². The van der Waals surface area contributed by atoms with Crippen LogP contribution < -0.4 is 0 Å². The van der Waals surface area contributed by atoms with Gasteiger partial charge in [0.05, 0.1) is 12.8 Å². The van der Waals surface area contributed by atoms with E-state index in [2.05, 4.69) is 0 Å². The largest absolute Gasteiger partial charge is 0.467 e. The molecule has 1 heterocycles. The number of carbonyl (C=O) groups excluding carboxylic acids is 2. The fraction of sp³-hybridized carbons (Fsp3) is 0.400. The zero-order chi connectivity index (χ0) is 18.4. The number of rotatable bonds is 6. The molecule has 5 nitrogen and oxygen atoms in total. The van der Waals surface area contributed by atoms with Crippen LogP contribution in [0.3, 0.4) is 0 Å². The van der Waals surface area contributed by atoms with Gasteiger partial charge in [-0.1, -0.05) is 30.3 Å². The van der Waals surface area contributed by atoms with E-state index in [0.717, 1.165) is 11.3 Å². The van der Waals surface area contributed by atoms with Crippen LogP contribution in [0.25, 0.3) is 0 Å². The van der Waals surface area contributed by atoms with Crippen LogP contribution in [0.15, 0.2) is 53.1 Å². The maximum atomic E-state index is 12.9. The molecule has 2 aromatic rings. The lowest BCUT2D eigenvalue weighted by Crippen LogP contribution is -2.50. The van der Waals surface area contributed by atoms with E-state index >= 15 is 0 Å². The molecule has 5 heteroatoms. The molecule has 2 rings (SSSR count). The van der Waals surface area contributed by atoms with Crippen LogP contribution in [-0.2, 0) is 22.7 Å². The van der Waals surface area contributed by atoms with Gasteiger partial charge in [-0.3, -0.25) is 9.59 Å². The van der Waals surface area contributed by atoms with Crippen LogP contribution in [0.4, 0.5) is 0 Å². The SMILES string of the molecule is CC(=O)N(CC(=O)N(Cc1ccccc1)Cc1ccco1)C(C)(C)C. The monoisotopic (exact) mass is 342 g/mol. The molecule has 1 aromatic heterocycles. The number of benzene rings is 1. The van der Waals surface area contributed by atoms with E-state index in [1.54, 1.807) is 22.1 Å². The molecule has 0 N–H and O–H groups in total. The fourth-order valence-corrected chi connectivity index (χ4v) is 2.68. The Labute approximate surface area is 149 Å². The summed E-state index contributed by atoms with van der Waals surface area (Å²) >= 11 is 0. The van der Waals surface area contributed by atoms with Crippen molar-refractivity contribution in [2.24, 2.45) is 0 Å². The Morgan fingerprint density at radius 1 is 1.00 bits per heavy atom. The molecule has 25 heavy (non-hydrogen) atoms. The van der Waals surface area contributed by atoms with E-state index in [0.29, 0.717) is 13.1 Å². The average molecular weight is 342 g/mol. The number of amides is 2. The van der Waals surface area contributed by atoms with E-state index < -0.39 is 5.54 Å². The maximum absolute atomic E-state index is 12.9. The average Bonchev–Trinajstić information content (AvgIpc) is 3.04. The van der Waals surface area contributed by atoms with Crippen LogP contribution >= 0.6 is 0 Å². The number of carbonyl (C=O) groups is 2. The van der Waals surface area contributed by atoms with E-state index in [-0.39, 0.29) is 18.4 Å². The molecule has 0 aliphatic rings. The minimum atomic E-state index is -0.412. The predicted octanol–water partition coefficient (Wildman–Crippen LogP) is 3.46. The summed E-state index contributed by atoms with van der Waals surface area (Å²) < 4.78 is 5.40. The molecular weight excluding hydrogens is 316 g/mol. The highest BCUT2D eigenvalue weighted by Crippen LogP contribution is 2.16. The minimum Gasteiger partial charge on any atom is -0.467 e. The van der Waals surface area contributed by atoms with E-state index in [1.807, 2.05) is 57.2 Å². The van der Waals surface area contributed by atoms with Crippen LogP contribution in [0.2, 0.25) is 0 Å². The first-order valence-corrected chi connectivity index (χ1v) is 8.39. The minimum absolute atomic E-state index is 0.0480. The number of nitrogens with zero attached hydrogens (tertiary/aromatic N) is 2. The van der Waals surface area contributed by atoms with Crippen LogP contribution in [-0.4, -0.2) is 33.7 Å². The highest BCUT2D eigenvalue weighted by molar-refractivity contribution is 5.84. The molecular formula is C20H26N2O3. The first kappa shape index (κ1) is 18.8. The van der Waals surface area contributed by atoms with Gasteiger partial charge in [-0.05, 0) is 38.5 Å². The fourth-order valence-electron chi connectivity index (χ4n) is 2.68. The second kappa shape index (κ2) is 8.01. The van der Waals surface area contributed by atoms with Gasteiger partial charge in [-0.25, -0.2) is 0 Å². The van der Waals surface area contributed by atoms with Gasteiger partial charge >= 0.3 is 0 Å². The summed E-state index contributed by atoms with van der Waals surface area (Å²) in [5.41, 5.74) is 0.623. The lowest BCUT2D eigenvalue weighted by atomic mass is 10.1. The second-order valence-electron chi connectivity index (χ2n) is 7.09. The van der Waals surface area contributed by atoms with Crippen molar-refractivity contribution in [2.45, 2.75) is 46.3 Å². The molecule has 0 unspecified atom stereocenters. The zero-order valence-corrected chi connectivity index (χ0v) is 15.4. The van der Waals surface area contributed by atoms with Gasteiger partial charge in [0.15, 0.2) is 0 Å². The Balaban J connectivity index is 2.18. The third-order valence-corrected chi connectivity index (χ3v) is 3.98. The Morgan fingerprint density at radius 3 is 2.20 bits per heavy atom. The van der Waals surface area contributed by atoms with E-state index in [4.69, 9.17) is 4.42 Å². The maximum Gasteiger partial charge on any atom is 0.242 e. The first-order valence-electron chi connectivity index (χ1n) is 8.39. The van der Waals surface area contributed by atoms with Crippen LogP contribution in [0.1, 0.15) is 39.0 Å². The summed E-state index contributed by atoms with van der Waals surface area (Å²) in [6, 6.07) is 13.4. The highest BCUT2D eigenvalue weighted by atomic mass is 16.3. The molecule has 2 amide bonds. The number of furan rings is 1. The standard InChI is InChI=1S/C20H26N2O3/c1-16(23)22(20(2,3)4)15-19(24)21(14-18-11-8-12-25-18)13-17-9-6-5-7-10-17/h5-12H,13-15H2,1-4H3. The molecule has 0 saturated carbocycles. The second-order valence-corrected chi connectivity index (χ2v) is 7.09. The van der Waals surface area contributed by atoms with E-state index in [1.165, 1.54) is 6.92 Å². The van der Waals surface area contributed by atoms with Gasteiger partial charge < -0.3 is 14.2 Å². The molecule has 0 saturated heterocycles. The Bertz CT molecular complexity index is 687. The van der Waals surface area contributed by atoms with E-state index in [9.17, 15) is 9.59 Å². The van der Waals surface area contributed by atoms with Crippen molar-refractivity contribution in [3.8, 4) is 0 Å². The summed E-state index contributed by atoms with van der Waals surface area (Å²) in [5.74, 6) is 0.498. The summed E-state index contributed by atoms with van der Waals surface area (Å²) in [5, 5.41) is 0. The zero-order valence-electron chi connectivity index (χ0n) is 15.4. The van der Waals surface area contributed by atoms with Crippen molar-refractivity contribution in [2.75, 3.05) is 6.54 Å². The van der Waals surface area contributed by atoms with Gasteiger partial charge in [-0.15, -0.1) is 0 Å². The molecule has 1 aromatic carbocycles. The van der Waals surface area contributed by atoms with Crippen molar-refractivity contribution in [1.82, 2.24) is 9.80 Å².